The van der Waals surface area contributed by atoms with Crippen LogP contribution in [0.4, 0.5) is 26.3 Å². The molecule has 0 saturated heterocycles. The van der Waals surface area contributed by atoms with Gasteiger partial charge in [-0.25, -0.2) is 8.78 Å². The third kappa shape index (κ3) is 2.80. The van der Waals surface area contributed by atoms with Gasteiger partial charge in [0, 0.05) is 12.0 Å². The predicted octanol–water partition coefficient (Wildman–Crippen LogP) is 5.06. The Balaban J connectivity index is 2.24. The zero-order chi connectivity index (χ0) is 16.8. The van der Waals surface area contributed by atoms with E-state index in [2.05, 4.69) is 0 Å². The molecule has 0 amide bonds. The maximum absolute atomic E-state index is 13.5. The summed E-state index contributed by atoms with van der Waals surface area (Å²) in [6.07, 6.45) is -2.01. The minimum Gasteiger partial charge on any atom is -0.484 e. The molecule has 22 heavy (non-hydrogen) atoms. The van der Waals surface area contributed by atoms with Gasteiger partial charge in [-0.1, -0.05) is 13.8 Å². The molecule has 0 N–H and O–H groups in total. The van der Waals surface area contributed by atoms with E-state index in [1.54, 1.807) is 13.8 Å². The molecule has 0 radical (unpaired) electrons. The van der Waals surface area contributed by atoms with Crippen molar-refractivity contribution in [2.45, 2.75) is 26.9 Å². The molecule has 1 aliphatic rings. The van der Waals surface area contributed by atoms with Crippen molar-refractivity contribution in [2.75, 3.05) is 0 Å². The van der Waals surface area contributed by atoms with E-state index in [4.69, 9.17) is 4.74 Å². The summed E-state index contributed by atoms with van der Waals surface area (Å²) >= 11 is 0. The third-order valence-electron chi connectivity index (χ3n) is 4.18. The van der Waals surface area contributed by atoms with Crippen LogP contribution in [-0.4, -0.2) is 6.10 Å². The van der Waals surface area contributed by atoms with Crippen LogP contribution in [0.5, 0.6) is 5.75 Å². The molecule has 0 bridgehead atoms. The van der Waals surface area contributed by atoms with Gasteiger partial charge in [0.25, 0.3) is 6.08 Å². The highest BCUT2D eigenvalue weighted by Crippen LogP contribution is 2.61. The topological polar surface area (TPSA) is 9.23 Å². The van der Waals surface area contributed by atoms with Crippen molar-refractivity contribution < 1.29 is 31.1 Å². The average molecular weight is 324 g/mol. The van der Waals surface area contributed by atoms with E-state index >= 15 is 0 Å². The molecule has 1 nitrogen and oxygen atoms in total. The molecular formula is C15H14F6O. The molecule has 2 rings (SSSR count). The lowest BCUT2D eigenvalue weighted by molar-refractivity contribution is 0.160. The number of halogens is 6. The first kappa shape index (κ1) is 16.7. The highest BCUT2D eigenvalue weighted by molar-refractivity contribution is 5.29. The highest BCUT2D eigenvalue weighted by Gasteiger charge is 2.60. The van der Waals surface area contributed by atoms with Gasteiger partial charge in [0.15, 0.2) is 17.4 Å². The van der Waals surface area contributed by atoms with Crippen LogP contribution < -0.4 is 4.74 Å². The summed E-state index contributed by atoms with van der Waals surface area (Å²) in [5.41, 5.74) is -0.568. The Hall–Kier alpha value is -1.66. The lowest BCUT2D eigenvalue weighted by atomic mass is 10.1. The third-order valence-corrected chi connectivity index (χ3v) is 4.18. The van der Waals surface area contributed by atoms with Crippen LogP contribution in [-0.2, 0) is 0 Å². The number of hydrogen-bond donors (Lipinski definition) is 0. The second-order valence-corrected chi connectivity index (χ2v) is 5.95. The van der Waals surface area contributed by atoms with Gasteiger partial charge in [0.2, 0.25) is 11.6 Å². The van der Waals surface area contributed by atoms with Gasteiger partial charge in [-0.2, -0.15) is 17.6 Å². The molecule has 1 aromatic carbocycles. The normalized spacial score (nSPS) is 23.9. The summed E-state index contributed by atoms with van der Waals surface area (Å²) in [6, 6.07) is 0.0767. The van der Waals surface area contributed by atoms with Crippen molar-refractivity contribution >= 4 is 0 Å². The lowest BCUT2D eigenvalue weighted by Gasteiger charge is -2.17. The van der Waals surface area contributed by atoms with Crippen LogP contribution in [0.15, 0.2) is 18.2 Å². The highest BCUT2D eigenvalue weighted by atomic mass is 19.3. The molecule has 1 unspecified atom stereocenters. The van der Waals surface area contributed by atoms with E-state index in [1.165, 1.54) is 6.92 Å². The fraction of sp³-hybridized carbons (Fsp3) is 0.467. The minimum absolute atomic E-state index is 0.0767. The zero-order valence-electron chi connectivity index (χ0n) is 12.1. The first-order chi connectivity index (χ1) is 10.1. The zero-order valence-corrected chi connectivity index (χ0v) is 12.1. The molecule has 0 aliphatic heterocycles. The number of ether oxygens (including phenoxy) is 1. The van der Waals surface area contributed by atoms with E-state index in [1.807, 2.05) is 0 Å². The smallest absolute Gasteiger partial charge is 0.266 e. The second kappa shape index (κ2) is 5.52. The monoisotopic (exact) mass is 324 g/mol. The van der Waals surface area contributed by atoms with Crippen LogP contribution in [0.3, 0.4) is 0 Å². The number of hydrogen-bond acceptors (Lipinski definition) is 1. The molecule has 7 heteroatoms. The van der Waals surface area contributed by atoms with Crippen LogP contribution >= 0.6 is 0 Å². The number of allylic oxidation sites excluding steroid dienone is 1. The Bertz CT molecular complexity index is 595. The van der Waals surface area contributed by atoms with Crippen LogP contribution in [0.1, 0.15) is 20.8 Å². The summed E-state index contributed by atoms with van der Waals surface area (Å²) in [5, 5.41) is 0. The van der Waals surface area contributed by atoms with E-state index < -0.39 is 58.5 Å². The van der Waals surface area contributed by atoms with Gasteiger partial charge < -0.3 is 4.74 Å². The molecular weight excluding hydrogens is 310 g/mol. The van der Waals surface area contributed by atoms with E-state index in [9.17, 15) is 26.3 Å². The number of benzene rings is 1. The van der Waals surface area contributed by atoms with Gasteiger partial charge in [-0.3, -0.25) is 0 Å². The summed E-state index contributed by atoms with van der Waals surface area (Å²) in [6.45, 7) is 4.80. The summed E-state index contributed by atoms with van der Waals surface area (Å²) in [7, 11) is 0. The van der Waals surface area contributed by atoms with Crippen molar-refractivity contribution in [3.63, 3.8) is 0 Å². The molecule has 1 aliphatic carbocycles. The maximum atomic E-state index is 13.5. The SMILES string of the molecule is CC(Oc1c(F)c(F)cc(F)c1F)[C@H]1[C@H](C=C(F)F)C1(C)C. The quantitative estimate of drug-likeness (QED) is 0.555. The molecule has 0 aromatic heterocycles. The maximum Gasteiger partial charge on any atom is 0.266 e. The van der Waals surface area contributed by atoms with Crippen LogP contribution in [0.25, 0.3) is 0 Å². The summed E-state index contributed by atoms with van der Waals surface area (Å²) < 4.78 is 83.1. The molecule has 0 heterocycles. The Labute approximate surface area is 123 Å². The predicted molar refractivity (Wildman–Crippen MR) is 67.4 cm³/mol. The standard InChI is InChI=1S/C15H14F6O/c1-6(11-7(4-10(18)19)15(11,2)3)22-14-12(20)8(16)5-9(17)13(14)21/h4-7,11H,1-3H3/t6?,7-,11-/m0/s1. The Morgan fingerprint density at radius 3 is 2.09 bits per heavy atom. The summed E-state index contributed by atoms with van der Waals surface area (Å²) in [4.78, 5) is 0. The molecule has 3 atom stereocenters. The first-order valence-electron chi connectivity index (χ1n) is 6.59. The molecule has 122 valence electrons. The first-order valence-corrected chi connectivity index (χ1v) is 6.59. The van der Waals surface area contributed by atoms with Crippen molar-refractivity contribution in [1.29, 1.82) is 0 Å². The van der Waals surface area contributed by atoms with Gasteiger partial charge in [-0.15, -0.1) is 0 Å². The fourth-order valence-corrected chi connectivity index (χ4v) is 2.98. The van der Waals surface area contributed by atoms with E-state index in [0.717, 1.165) is 6.08 Å². The van der Waals surface area contributed by atoms with Crippen molar-refractivity contribution in [3.8, 4) is 5.75 Å². The van der Waals surface area contributed by atoms with Gasteiger partial charge in [0.05, 0.1) is 0 Å². The van der Waals surface area contributed by atoms with Gasteiger partial charge >= 0.3 is 0 Å². The van der Waals surface area contributed by atoms with Crippen molar-refractivity contribution in [2.24, 2.45) is 17.3 Å². The molecule has 1 fully saturated rings. The Morgan fingerprint density at radius 1 is 1.14 bits per heavy atom. The van der Waals surface area contributed by atoms with Crippen molar-refractivity contribution in [3.05, 3.63) is 41.5 Å². The van der Waals surface area contributed by atoms with Crippen LogP contribution in [0, 0.1) is 40.5 Å². The minimum atomic E-state index is -1.86. The Kier molecular flexibility index (Phi) is 4.19. The van der Waals surface area contributed by atoms with Gasteiger partial charge in [-0.05, 0) is 24.3 Å². The largest absolute Gasteiger partial charge is 0.484 e. The lowest BCUT2D eigenvalue weighted by Crippen LogP contribution is -2.20. The number of rotatable bonds is 4. The molecule has 0 spiro atoms. The fourth-order valence-electron chi connectivity index (χ4n) is 2.98. The van der Waals surface area contributed by atoms with E-state index in [-0.39, 0.29) is 6.07 Å². The average Bonchev–Trinajstić information content (AvgIpc) is 2.92. The second-order valence-electron chi connectivity index (χ2n) is 5.95. The Morgan fingerprint density at radius 2 is 1.64 bits per heavy atom. The summed E-state index contributed by atoms with van der Waals surface area (Å²) in [5.74, 6) is -8.63. The molecule has 1 saturated carbocycles. The van der Waals surface area contributed by atoms with Crippen LogP contribution in [0.2, 0.25) is 0 Å². The van der Waals surface area contributed by atoms with Gasteiger partial charge in [0.1, 0.15) is 6.10 Å². The van der Waals surface area contributed by atoms with E-state index in [0.29, 0.717) is 0 Å². The van der Waals surface area contributed by atoms with Crippen molar-refractivity contribution in [1.82, 2.24) is 0 Å². The molecule has 1 aromatic rings.